The maximum Gasteiger partial charge on any atom is 0.0913 e. The summed E-state index contributed by atoms with van der Waals surface area (Å²) in [5.41, 5.74) is 6.48. The molecule has 0 spiro atoms. The van der Waals surface area contributed by atoms with E-state index < -0.39 is 0 Å². The predicted molar refractivity (Wildman–Crippen MR) is 45.6 cm³/mol. The Morgan fingerprint density at radius 1 is 1.64 bits per heavy atom. The van der Waals surface area contributed by atoms with E-state index in [9.17, 15) is 4.39 Å². The number of nitrogens with two attached hydrogens (primary N) is 1. The summed E-state index contributed by atoms with van der Waals surface area (Å²) in [6, 6.07) is 3.54. The summed E-state index contributed by atoms with van der Waals surface area (Å²) >= 11 is 0. The van der Waals surface area contributed by atoms with Gasteiger partial charge in [-0.15, -0.1) is 12.4 Å². The molecule has 1 aromatic heterocycles. The number of aromatic amines is 1. The number of nitrogens with one attached hydrogen (secondary N) is 1. The third kappa shape index (κ3) is 2.91. The predicted octanol–water partition coefficient (Wildman–Crippen LogP) is 1.80. The van der Waals surface area contributed by atoms with Crippen LogP contribution in [-0.4, -0.2) is 11.7 Å². The molecule has 0 aliphatic rings. The van der Waals surface area contributed by atoms with Crippen LogP contribution in [0.1, 0.15) is 18.2 Å². The summed E-state index contributed by atoms with van der Waals surface area (Å²) in [6.45, 7) is -0.361. The SMILES string of the molecule is Cl.N[C@H](CCF)c1ccc[nH]1. The maximum absolute atomic E-state index is 11.7. The van der Waals surface area contributed by atoms with Crippen molar-refractivity contribution in [3.05, 3.63) is 24.0 Å². The monoisotopic (exact) mass is 178 g/mol. The number of halogens is 2. The van der Waals surface area contributed by atoms with E-state index in [1.165, 1.54) is 0 Å². The zero-order chi connectivity index (χ0) is 7.40. The van der Waals surface area contributed by atoms with Crippen LogP contribution in [0.2, 0.25) is 0 Å². The van der Waals surface area contributed by atoms with E-state index >= 15 is 0 Å². The second-order valence-electron chi connectivity index (χ2n) is 2.21. The largest absolute Gasteiger partial charge is 0.364 e. The van der Waals surface area contributed by atoms with E-state index in [4.69, 9.17) is 5.73 Å². The molecular formula is C7H12ClFN2. The lowest BCUT2D eigenvalue weighted by Crippen LogP contribution is -2.10. The third-order valence-electron chi connectivity index (χ3n) is 1.44. The Hall–Kier alpha value is -0.540. The quantitative estimate of drug-likeness (QED) is 0.728. The molecule has 3 N–H and O–H groups in total. The van der Waals surface area contributed by atoms with Gasteiger partial charge >= 0.3 is 0 Å². The van der Waals surface area contributed by atoms with Crippen LogP contribution in [0, 0.1) is 0 Å². The fourth-order valence-corrected chi connectivity index (χ4v) is 0.848. The van der Waals surface area contributed by atoms with E-state index in [1.807, 2.05) is 12.1 Å². The molecular weight excluding hydrogens is 167 g/mol. The molecule has 0 saturated carbocycles. The standard InChI is InChI=1S/C7H11FN2.ClH/c8-4-3-6(9)7-2-1-5-10-7;/h1-2,5-6,10H,3-4,9H2;1H/t6-;/m1./s1. The van der Waals surface area contributed by atoms with Gasteiger partial charge in [-0.1, -0.05) is 0 Å². The average molecular weight is 179 g/mol. The summed E-state index contributed by atoms with van der Waals surface area (Å²) in [6.07, 6.45) is 2.17. The molecule has 1 atom stereocenters. The molecule has 1 aromatic rings. The highest BCUT2D eigenvalue weighted by Crippen LogP contribution is 2.10. The molecule has 1 heterocycles. The molecule has 1 rings (SSSR count). The van der Waals surface area contributed by atoms with Gasteiger partial charge < -0.3 is 10.7 Å². The molecule has 0 aliphatic carbocycles. The zero-order valence-electron chi connectivity index (χ0n) is 6.09. The Morgan fingerprint density at radius 3 is 2.82 bits per heavy atom. The van der Waals surface area contributed by atoms with Gasteiger partial charge in [0.05, 0.1) is 6.67 Å². The van der Waals surface area contributed by atoms with E-state index in [2.05, 4.69) is 4.98 Å². The van der Waals surface area contributed by atoms with Crippen molar-refractivity contribution < 1.29 is 4.39 Å². The van der Waals surface area contributed by atoms with E-state index in [0.29, 0.717) is 6.42 Å². The van der Waals surface area contributed by atoms with Crippen LogP contribution in [0.25, 0.3) is 0 Å². The van der Waals surface area contributed by atoms with Crippen LogP contribution < -0.4 is 5.73 Å². The van der Waals surface area contributed by atoms with Crippen molar-refractivity contribution in [1.82, 2.24) is 4.98 Å². The molecule has 0 radical (unpaired) electrons. The molecule has 4 heteroatoms. The zero-order valence-corrected chi connectivity index (χ0v) is 6.90. The van der Waals surface area contributed by atoms with Gasteiger partial charge in [0, 0.05) is 17.9 Å². The highest BCUT2D eigenvalue weighted by Gasteiger charge is 2.04. The van der Waals surface area contributed by atoms with E-state index in [1.54, 1.807) is 6.20 Å². The highest BCUT2D eigenvalue weighted by molar-refractivity contribution is 5.85. The van der Waals surface area contributed by atoms with Gasteiger partial charge in [-0.3, -0.25) is 4.39 Å². The Morgan fingerprint density at radius 2 is 2.36 bits per heavy atom. The number of alkyl halides is 1. The first-order chi connectivity index (χ1) is 4.84. The number of H-pyrrole nitrogens is 1. The number of rotatable bonds is 3. The minimum atomic E-state index is -0.361. The smallest absolute Gasteiger partial charge is 0.0913 e. The number of hydrogen-bond donors (Lipinski definition) is 2. The van der Waals surface area contributed by atoms with Crippen LogP contribution in [0.4, 0.5) is 4.39 Å². The fourth-order valence-electron chi connectivity index (χ4n) is 0.848. The van der Waals surface area contributed by atoms with Crippen LogP contribution in [0.15, 0.2) is 18.3 Å². The molecule has 0 unspecified atom stereocenters. The van der Waals surface area contributed by atoms with E-state index in [0.717, 1.165) is 5.69 Å². The molecule has 2 nitrogen and oxygen atoms in total. The van der Waals surface area contributed by atoms with Crippen molar-refractivity contribution in [1.29, 1.82) is 0 Å². The van der Waals surface area contributed by atoms with Crippen LogP contribution in [-0.2, 0) is 0 Å². The van der Waals surface area contributed by atoms with Gasteiger partial charge in [0.1, 0.15) is 0 Å². The first kappa shape index (κ1) is 10.5. The maximum atomic E-state index is 11.7. The van der Waals surface area contributed by atoms with Crippen LogP contribution in [0.3, 0.4) is 0 Å². The van der Waals surface area contributed by atoms with Crippen molar-refractivity contribution in [3.8, 4) is 0 Å². The summed E-state index contributed by atoms with van der Waals surface area (Å²) in [4.78, 5) is 2.93. The molecule has 0 aromatic carbocycles. The topological polar surface area (TPSA) is 41.8 Å². The molecule has 11 heavy (non-hydrogen) atoms. The highest BCUT2D eigenvalue weighted by atomic mass is 35.5. The minimum Gasteiger partial charge on any atom is -0.364 e. The van der Waals surface area contributed by atoms with Gasteiger partial charge in [-0.2, -0.15) is 0 Å². The van der Waals surface area contributed by atoms with Crippen molar-refractivity contribution in [2.24, 2.45) is 5.73 Å². The molecule has 0 fully saturated rings. The Bertz CT molecular complexity index is 177. The van der Waals surface area contributed by atoms with Gasteiger partial charge in [0.25, 0.3) is 0 Å². The molecule has 0 saturated heterocycles. The minimum absolute atomic E-state index is 0. The first-order valence-corrected chi connectivity index (χ1v) is 3.29. The molecule has 0 aliphatic heterocycles. The molecule has 64 valence electrons. The summed E-state index contributed by atoms with van der Waals surface area (Å²) in [7, 11) is 0. The van der Waals surface area contributed by atoms with Crippen LogP contribution in [0.5, 0.6) is 0 Å². The third-order valence-corrected chi connectivity index (χ3v) is 1.44. The number of aromatic nitrogens is 1. The second kappa shape index (κ2) is 5.16. The van der Waals surface area contributed by atoms with E-state index in [-0.39, 0.29) is 25.1 Å². The lowest BCUT2D eigenvalue weighted by atomic mass is 10.2. The van der Waals surface area contributed by atoms with Gasteiger partial charge in [0.2, 0.25) is 0 Å². The fraction of sp³-hybridized carbons (Fsp3) is 0.429. The normalized spacial score (nSPS) is 12.2. The summed E-state index contributed by atoms with van der Waals surface area (Å²) < 4.78 is 11.7. The summed E-state index contributed by atoms with van der Waals surface area (Å²) in [5.74, 6) is 0. The lowest BCUT2D eigenvalue weighted by molar-refractivity contribution is 0.439. The average Bonchev–Trinajstić information content (AvgIpc) is 2.38. The van der Waals surface area contributed by atoms with Gasteiger partial charge in [-0.05, 0) is 18.6 Å². The Kier molecular flexibility index (Phi) is 4.90. The van der Waals surface area contributed by atoms with Crippen molar-refractivity contribution in [2.75, 3.05) is 6.67 Å². The molecule has 0 amide bonds. The van der Waals surface area contributed by atoms with Crippen molar-refractivity contribution in [3.63, 3.8) is 0 Å². The Labute approximate surface area is 71.4 Å². The summed E-state index contributed by atoms with van der Waals surface area (Å²) in [5, 5.41) is 0. The molecule has 0 bridgehead atoms. The van der Waals surface area contributed by atoms with Gasteiger partial charge in [0.15, 0.2) is 0 Å². The van der Waals surface area contributed by atoms with Crippen molar-refractivity contribution in [2.45, 2.75) is 12.5 Å². The first-order valence-electron chi connectivity index (χ1n) is 3.29. The van der Waals surface area contributed by atoms with Crippen LogP contribution >= 0.6 is 12.4 Å². The Balaban J connectivity index is 0.000001000. The lowest BCUT2D eigenvalue weighted by Gasteiger charge is -2.05. The second-order valence-corrected chi connectivity index (χ2v) is 2.21. The number of hydrogen-bond acceptors (Lipinski definition) is 1. The van der Waals surface area contributed by atoms with Gasteiger partial charge in [-0.25, -0.2) is 0 Å². The van der Waals surface area contributed by atoms with Crippen molar-refractivity contribution >= 4 is 12.4 Å².